The maximum atomic E-state index is 5.20. The minimum Gasteiger partial charge on any atom is -0.244 e. The second kappa shape index (κ2) is 13.1. The van der Waals surface area contributed by atoms with Crippen LogP contribution in [0, 0.1) is 0 Å². The van der Waals surface area contributed by atoms with E-state index in [0.717, 1.165) is 34.5 Å². The molecule has 50 heavy (non-hydrogen) atoms. The number of fused-ring (bicyclic) bond motifs is 3. The molecule has 0 bridgehead atoms. The number of hydrogen-bond donors (Lipinski definition) is 0. The fourth-order valence-corrected chi connectivity index (χ4v) is 6.72. The molecule has 9 rings (SSSR count). The van der Waals surface area contributed by atoms with E-state index < -0.39 is 0 Å². The number of benzene rings is 5. The summed E-state index contributed by atoms with van der Waals surface area (Å²) in [5, 5.41) is 0. The molecule has 3 aromatic heterocycles. The number of hydrogen-bond acceptors (Lipinski definition) is 5. The third-order valence-corrected chi connectivity index (χ3v) is 9.05. The van der Waals surface area contributed by atoms with Crippen molar-refractivity contribution in [3.63, 3.8) is 0 Å². The lowest BCUT2D eigenvalue weighted by atomic mass is 9.96. The molecule has 5 aromatic carbocycles. The highest BCUT2D eigenvalue weighted by Gasteiger charge is 2.25. The Hall–Kier alpha value is -6.59. The van der Waals surface area contributed by atoms with E-state index in [9.17, 15) is 0 Å². The van der Waals surface area contributed by atoms with Crippen LogP contribution in [0.3, 0.4) is 0 Å². The van der Waals surface area contributed by atoms with Gasteiger partial charge < -0.3 is 0 Å². The van der Waals surface area contributed by atoms with E-state index in [1.54, 1.807) is 0 Å². The van der Waals surface area contributed by atoms with Gasteiger partial charge in [-0.2, -0.15) is 0 Å². The molecule has 0 amide bonds. The Morgan fingerprint density at radius 1 is 0.280 bits per heavy atom. The Morgan fingerprint density at radius 3 is 1.32 bits per heavy atom. The molecule has 1 aliphatic carbocycles. The Kier molecular flexibility index (Phi) is 8.07. The highest BCUT2D eigenvalue weighted by molar-refractivity contribution is 5.89. The monoisotopic (exact) mass is 643 g/mol. The number of pyridine rings is 2. The van der Waals surface area contributed by atoms with Crippen LogP contribution >= 0.6 is 0 Å². The van der Waals surface area contributed by atoms with E-state index in [4.69, 9.17) is 24.9 Å². The molecule has 0 radical (unpaired) electrons. The predicted molar refractivity (Wildman–Crippen MR) is 203 cm³/mol. The third kappa shape index (κ3) is 5.65. The molecule has 0 N–H and O–H groups in total. The Balaban J connectivity index is 0.00000361. The van der Waals surface area contributed by atoms with Crippen LogP contribution in [0.25, 0.3) is 79.2 Å². The quantitative estimate of drug-likeness (QED) is 0.180. The summed E-state index contributed by atoms with van der Waals surface area (Å²) < 4.78 is 0. The Labute approximate surface area is 292 Å². The van der Waals surface area contributed by atoms with Crippen molar-refractivity contribution in [1.82, 2.24) is 24.9 Å². The number of aromatic nitrogens is 5. The molecule has 0 saturated carbocycles. The fourth-order valence-electron chi connectivity index (χ4n) is 6.72. The zero-order chi connectivity index (χ0) is 32.6. The van der Waals surface area contributed by atoms with Crippen LogP contribution in [0.15, 0.2) is 164 Å². The first-order valence-corrected chi connectivity index (χ1v) is 16.4. The molecule has 0 unspecified atom stereocenters. The Morgan fingerprint density at radius 2 is 0.700 bits per heavy atom. The lowest BCUT2D eigenvalue weighted by Crippen LogP contribution is -2.03. The molecule has 0 saturated heterocycles. The van der Waals surface area contributed by atoms with Gasteiger partial charge in [-0.15, -0.1) is 0 Å². The van der Waals surface area contributed by atoms with Crippen LogP contribution in [-0.2, 0) is 6.42 Å². The molecule has 238 valence electrons. The summed E-state index contributed by atoms with van der Waals surface area (Å²) in [5.74, 6) is 1.57. The summed E-state index contributed by atoms with van der Waals surface area (Å²) in [6.07, 6.45) is 0.843. The van der Waals surface area contributed by atoms with Crippen LogP contribution in [0.1, 0.15) is 18.6 Å². The van der Waals surface area contributed by atoms with Crippen LogP contribution < -0.4 is 0 Å². The van der Waals surface area contributed by atoms with Gasteiger partial charge in [0.1, 0.15) is 11.4 Å². The Bertz CT molecular complexity index is 2460. The molecular formula is C45H33N5. The van der Waals surface area contributed by atoms with Crippen molar-refractivity contribution in [2.75, 3.05) is 0 Å². The zero-order valence-corrected chi connectivity index (χ0v) is 26.5. The minimum atomic E-state index is 0. The van der Waals surface area contributed by atoms with E-state index in [1.165, 1.54) is 33.4 Å². The molecular weight excluding hydrogens is 611 g/mol. The summed E-state index contributed by atoms with van der Waals surface area (Å²) in [7, 11) is 0. The number of rotatable bonds is 6. The van der Waals surface area contributed by atoms with Crippen LogP contribution in [0.5, 0.6) is 0 Å². The van der Waals surface area contributed by atoms with Gasteiger partial charge in [0.15, 0.2) is 17.5 Å². The van der Waals surface area contributed by atoms with Gasteiger partial charge >= 0.3 is 0 Å². The first-order valence-electron chi connectivity index (χ1n) is 16.4. The molecule has 5 heteroatoms. The number of nitrogens with zero attached hydrogens (tertiary/aromatic N) is 5. The van der Waals surface area contributed by atoms with E-state index >= 15 is 0 Å². The smallest absolute Gasteiger partial charge is 0.182 e. The summed E-state index contributed by atoms with van der Waals surface area (Å²) in [6.45, 7) is 0. The SMILES string of the molecule is C.c1ccc(-c2cccc(-c3nc(-c4ccccc4)nc(-c4cccc(-c5cccc6c5Cc5c(-c7ccccc7)cccc5-6)n4)n3)n2)cc1. The van der Waals surface area contributed by atoms with E-state index in [0.29, 0.717) is 28.9 Å². The molecule has 1 aliphatic rings. The van der Waals surface area contributed by atoms with Gasteiger partial charge in [-0.05, 0) is 64.1 Å². The van der Waals surface area contributed by atoms with Crippen LogP contribution in [0.2, 0.25) is 0 Å². The van der Waals surface area contributed by atoms with Crippen molar-refractivity contribution in [3.05, 3.63) is 175 Å². The molecule has 0 aliphatic heterocycles. The van der Waals surface area contributed by atoms with Crippen molar-refractivity contribution in [2.45, 2.75) is 13.8 Å². The predicted octanol–water partition coefficient (Wildman–Crippen LogP) is 10.9. The van der Waals surface area contributed by atoms with Crippen molar-refractivity contribution in [1.29, 1.82) is 0 Å². The van der Waals surface area contributed by atoms with Crippen molar-refractivity contribution < 1.29 is 0 Å². The highest BCUT2D eigenvalue weighted by atomic mass is 15.1. The first-order chi connectivity index (χ1) is 24.3. The first kappa shape index (κ1) is 30.7. The lowest BCUT2D eigenvalue weighted by molar-refractivity contribution is 1.05. The largest absolute Gasteiger partial charge is 0.244 e. The van der Waals surface area contributed by atoms with Gasteiger partial charge in [0.2, 0.25) is 0 Å². The standard InChI is InChI=1S/C44H29N5.CH4/c1-4-14-29(15-5-1)32-20-10-21-33-34-22-11-23-35(37(34)28-36(32)33)39-25-13-27-41(46-39)44-48-42(31-18-8-3-9-19-31)47-43(49-44)40-26-12-24-38(45-40)30-16-6-2-7-17-30;/h1-27H,28H2;1H4. The summed E-state index contributed by atoms with van der Waals surface area (Å²) in [6, 6.07) is 55.9. The fraction of sp³-hybridized carbons (Fsp3) is 0.0444. The van der Waals surface area contributed by atoms with E-state index in [-0.39, 0.29) is 7.43 Å². The van der Waals surface area contributed by atoms with E-state index in [1.807, 2.05) is 78.9 Å². The van der Waals surface area contributed by atoms with Gasteiger partial charge in [-0.25, -0.2) is 24.9 Å². The molecule has 0 atom stereocenters. The summed E-state index contributed by atoms with van der Waals surface area (Å²) in [4.78, 5) is 25.0. The van der Waals surface area contributed by atoms with Gasteiger partial charge in [0.05, 0.1) is 11.4 Å². The minimum absolute atomic E-state index is 0. The maximum Gasteiger partial charge on any atom is 0.182 e. The van der Waals surface area contributed by atoms with Crippen LogP contribution in [0.4, 0.5) is 0 Å². The highest BCUT2D eigenvalue weighted by Crippen LogP contribution is 2.45. The van der Waals surface area contributed by atoms with Crippen molar-refractivity contribution in [2.24, 2.45) is 0 Å². The third-order valence-electron chi connectivity index (χ3n) is 9.05. The van der Waals surface area contributed by atoms with Gasteiger partial charge in [-0.1, -0.05) is 147 Å². The normalized spacial score (nSPS) is 11.4. The van der Waals surface area contributed by atoms with Crippen molar-refractivity contribution >= 4 is 0 Å². The van der Waals surface area contributed by atoms with E-state index in [2.05, 4.69) is 84.9 Å². The second-order valence-electron chi connectivity index (χ2n) is 12.1. The molecule has 8 aromatic rings. The average Bonchev–Trinajstić information content (AvgIpc) is 3.58. The topological polar surface area (TPSA) is 64.5 Å². The molecule has 3 heterocycles. The van der Waals surface area contributed by atoms with Crippen molar-refractivity contribution in [3.8, 4) is 79.2 Å². The van der Waals surface area contributed by atoms with Gasteiger partial charge in [0.25, 0.3) is 0 Å². The maximum absolute atomic E-state index is 5.20. The van der Waals surface area contributed by atoms with Gasteiger partial charge in [0, 0.05) is 16.7 Å². The van der Waals surface area contributed by atoms with Gasteiger partial charge in [-0.3, -0.25) is 0 Å². The molecule has 0 fully saturated rings. The van der Waals surface area contributed by atoms with Crippen LogP contribution in [-0.4, -0.2) is 24.9 Å². The molecule has 0 spiro atoms. The molecule has 5 nitrogen and oxygen atoms in total. The lowest BCUT2D eigenvalue weighted by Gasteiger charge is -2.11. The second-order valence-corrected chi connectivity index (χ2v) is 12.1. The summed E-state index contributed by atoms with van der Waals surface area (Å²) in [5.41, 5.74) is 13.8. The zero-order valence-electron chi connectivity index (χ0n) is 26.5. The average molecular weight is 644 g/mol. The summed E-state index contributed by atoms with van der Waals surface area (Å²) >= 11 is 0.